The fourth-order valence-corrected chi connectivity index (χ4v) is 4.72. The van der Waals surface area contributed by atoms with E-state index in [1.165, 1.54) is 6.08 Å². The summed E-state index contributed by atoms with van der Waals surface area (Å²) in [5, 5.41) is 4.80. The molecule has 0 spiro atoms. The second-order valence-corrected chi connectivity index (χ2v) is 9.77. The molecular weight excluding hydrogens is 528 g/mol. The summed E-state index contributed by atoms with van der Waals surface area (Å²) in [4.78, 5) is 39.3. The quantitative estimate of drug-likeness (QED) is 0.190. The number of amides is 4. The van der Waals surface area contributed by atoms with Crippen molar-refractivity contribution in [3.8, 4) is 11.5 Å². The summed E-state index contributed by atoms with van der Waals surface area (Å²) in [7, 11) is 0. The third-order valence-corrected chi connectivity index (χ3v) is 6.88. The molecule has 4 aromatic carbocycles. The SMILES string of the molecule is CCCOc1ccc(N2C(=O)NC(=O)/C(=C/c3ccc(OCc4c(C)ccc5ccccc45)c(Cl)c3)C2=O)cc1. The van der Waals surface area contributed by atoms with Gasteiger partial charge >= 0.3 is 6.03 Å². The maximum atomic E-state index is 13.2. The third-order valence-electron chi connectivity index (χ3n) is 6.58. The van der Waals surface area contributed by atoms with Crippen molar-refractivity contribution in [2.24, 2.45) is 0 Å². The number of fused-ring (bicyclic) bond motifs is 1. The number of halogens is 1. The van der Waals surface area contributed by atoms with E-state index in [0.717, 1.165) is 33.2 Å². The molecule has 1 aliphatic rings. The standard InChI is InChI=1S/C32H27ClN2O5/c1-3-16-39-24-13-11-23(12-14-24)35-31(37)26(30(36)34-32(35)38)17-21-9-15-29(28(33)18-21)40-19-27-20(2)8-10-22-6-4-5-7-25(22)27/h4-15,17-18H,3,16,19H2,1-2H3,(H,34,36,38)/b26-17-. The smallest absolute Gasteiger partial charge is 0.335 e. The number of carbonyl (C=O) groups is 3. The minimum Gasteiger partial charge on any atom is -0.494 e. The van der Waals surface area contributed by atoms with Gasteiger partial charge in [-0.1, -0.05) is 61.0 Å². The number of benzene rings is 4. The summed E-state index contributed by atoms with van der Waals surface area (Å²) >= 11 is 6.53. The minimum atomic E-state index is -0.820. The molecule has 1 heterocycles. The molecule has 1 aliphatic heterocycles. The highest BCUT2D eigenvalue weighted by Gasteiger charge is 2.36. The van der Waals surface area contributed by atoms with E-state index < -0.39 is 17.8 Å². The number of hydrogen-bond donors (Lipinski definition) is 1. The molecule has 0 aromatic heterocycles. The van der Waals surface area contributed by atoms with Gasteiger partial charge in [-0.3, -0.25) is 14.9 Å². The Morgan fingerprint density at radius 2 is 1.70 bits per heavy atom. The molecule has 5 rings (SSSR count). The summed E-state index contributed by atoms with van der Waals surface area (Å²) in [5.74, 6) is -0.427. The van der Waals surface area contributed by atoms with Crippen LogP contribution in [0.3, 0.4) is 0 Å². The largest absolute Gasteiger partial charge is 0.494 e. The number of nitrogens with one attached hydrogen (secondary N) is 1. The first-order chi connectivity index (χ1) is 19.4. The van der Waals surface area contributed by atoms with E-state index in [4.69, 9.17) is 21.1 Å². The van der Waals surface area contributed by atoms with Gasteiger partial charge in [-0.15, -0.1) is 0 Å². The highest BCUT2D eigenvalue weighted by molar-refractivity contribution is 6.39. The Kier molecular flexibility index (Phi) is 7.84. The van der Waals surface area contributed by atoms with E-state index in [9.17, 15) is 14.4 Å². The van der Waals surface area contributed by atoms with Crippen LogP contribution in [0.4, 0.5) is 10.5 Å². The molecule has 40 heavy (non-hydrogen) atoms. The van der Waals surface area contributed by atoms with E-state index in [2.05, 4.69) is 29.6 Å². The van der Waals surface area contributed by atoms with Crippen molar-refractivity contribution in [1.82, 2.24) is 5.32 Å². The molecule has 4 amide bonds. The predicted molar refractivity (Wildman–Crippen MR) is 156 cm³/mol. The predicted octanol–water partition coefficient (Wildman–Crippen LogP) is 6.84. The number of nitrogens with zero attached hydrogens (tertiary/aromatic N) is 1. The zero-order chi connectivity index (χ0) is 28.2. The number of urea groups is 1. The minimum absolute atomic E-state index is 0.193. The zero-order valence-corrected chi connectivity index (χ0v) is 22.8. The van der Waals surface area contributed by atoms with E-state index >= 15 is 0 Å². The lowest BCUT2D eigenvalue weighted by Gasteiger charge is -2.26. The zero-order valence-electron chi connectivity index (χ0n) is 22.1. The van der Waals surface area contributed by atoms with Gasteiger partial charge in [-0.25, -0.2) is 9.69 Å². The molecule has 7 nitrogen and oxygen atoms in total. The number of hydrogen-bond acceptors (Lipinski definition) is 5. The van der Waals surface area contributed by atoms with Crippen LogP contribution in [0.2, 0.25) is 5.02 Å². The fraction of sp³-hybridized carbons (Fsp3) is 0.156. The Morgan fingerprint density at radius 1 is 0.925 bits per heavy atom. The molecule has 1 fully saturated rings. The second kappa shape index (κ2) is 11.6. The first-order valence-corrected chi connectivity index (χ1v) is 13.3. The van der Waals surface area contributed by atoms with Gasteiger partial charge in [-0.2, -0.15) is 0 Å². The van der Waals surface area contributed by atoms with Crippen LogP contribution in [-0.2, 0) is 16.2 Å². The lowest BCUT2D eigenvalue weighted by atomic mass is 10.0. The third kappa shape index (κ3) is 5.55. The van der Waals surface area contributed by atoms with Crippen LogP contribution in [0.1, 0.15) is 30.0 Å². The van der Waals surface area contributed by atoms with Crippen molar-refractivity contribution < 1.29 is 23.9 Å². The second-order valence-electron chi connectivity index (χ2n) is 9.36. The summed E-state index contributed by atoms with van der Waals surface area (Å²) in [6, 6.07) is 23.0. The van der Waals surface area contributed by atoms with Crippen LogP contribution < -0.4 is 19.7 Å². The number of barbiturate groups is 1. The van der Waals surface area contributed by atoms with Crippen LogP contribution in [0.5, 0.6) is 11.5 Å². The van der Waals surface area contributed by atoms with Crippen molar-refractivity contribution in [1.29, 1.82) is 0 Å². The first kappa shape index (κ1) is 27.0. The molecule has 8 heteroatoms. The lowest BCUT2D eigenvalue weighted by molar-refractivity contribution is -0.122. The van der Waals surface area contributed by atoms with Crippen molar-refractivity contribution in [2.45, 2.75) is 26.9 Å². The van der Waals surface area contributed by atoms with Crippen molar-refractivity contribution >= 4 is 52.0 Å². The maximum Gasteiger partial charge on any atom is 0.335 e. The molecule has 1 saturated heterocycles. The number of aryl methyl sites for hydroxylation is 1. The molecule has 0 saturated carbocycles. The van der Waals surface area contributed by atoms with Crippen molar-refractivity contribution in [3.63, 3.8) is 0 Å². The number of imide groups is 2. The van der Waals surface area contributed by atoms with Gasteiger partial charge < -0.3 is 9.47 Å². The van der Waals surface area contributed by atoms with Gasteiger partial charge in [0.2, 0.25) is 0 Å². The van der Waals surface area contributed by atoms with Crippen LogP contribution in [0.15, 0.2) is 84.4 Å². The average Bonchev–Trinajstić information content (AvgIpc) is 2.95. The van der Waals surface area contributed by atoms with Gasteiger partial charge in [0, 0.05) is 5.56 Å². The van der Waals surface area contributed by atoms with Gasteiger partial charge in [0.05, 0.1) is 17.3 Å². The lowest BCUT2D eigenvalue weighted by Crippen LogP contribution is -2.54. The summed E-state index contributed by atoms with van der Waals surface area (Å²) in [6.45, 7) is 4.92. The molecule has 1 N–H and O–H groups in total. The molecule has 4 aromatic rings. The summed E-state index contributed by atoms with van der Waals surface area (Å²) in [5.41, 5.74) is 2.81. The molecule has 0 radical (unpaired) electrons. The topological polar surface area (TPSA) is 84.9 Å². The fourth-order valence-electron chi connectivity index (χ4n) is 4.48. The normalized spacial score (nSPS) is 14.5. The van der Waals surface area contributed by atoms with E-state index in [1.54, 1.807) is 42.5 Å². The van der Waals surface area contributed by atoms with Gasteiger partial charge in [0.1, 0.15) is 23.7 Å². The molecule has 0 aliphatic carbocycles. The molecule has 0 bridgehead atoms. The highest BCUT2D eigenvalue weighted by Crippen LogP contribution is 2.30. The Morgan fingerprint density at radius 3 is 2.45 bits per heavy atom. The monoisotopic (exact) mass is 554 g/mol. The van der Waals surface area contributed by atoms with Gasteiger partial charge in [-0.05, 0) is 77.7 Å². The van der Waals surface area contributed by atoms with Crippen LogP contribution in [0.25, 0.3) is 16.8 Å². The molecule has 0 atom stereocenters. The van der Waals surface area contributed by atoms with Crippen LogP contribution in [0, 0.1) is 6.92 Å². The van der Waals surface area contributed by atoms with E-state index in [-0.39, 0.29) is 5.57 Å². The van der Waals surface area contributed by atoms with Crippen molar-refractivity contribution in [3.05, 3.63) is 106 Å². The average molecular weight is 555 g/mol. The van der Waals surface area contributed by atoms with E-state index in [0.29, 0.717) is 41.0 Å². The Bertz CT molecular complexity index is 1650. The van der Waals surface area contributed by atoms with Crippen molar-refractivity contribution in [2.75, 3.05) is 11.5 Å². The van der Waals surface area contributed by atoms with E-state index in [1.807, 2.05) is 26.0 Å². The van der Waals surface area contributed by atoms with Gasteiger partial charge in [0.15, 0.2) is 0 Å². The summed E-state index contributed by atoms with van der Waals surface area (Å²) < 4.78 is 11.6. The van der Waals surface area contributed by atoms with Gasteiger partial charge in [0.25, 0.3) is 11.8 Å². The Labute approximate surface area is 237 Å². The number of carbonyl (C=O) groups excluding carboxylic acids is 3. The van der Waals surface area contributed by atoms with Crippen LogP contribution in [-0.4, -0.2) is 24.5 Å². The Hall–Kier alpha value is -4.62. The number of rotatable bonds is 8. The molecule has 0 unspecified atom stereocenters. The highest BCUT2D eigenvalue weighted by atomic mass is 35.5. The number of anilines is 1. The number of ether oxygens (including phenoxy) is 2. The molecule has 202 valence electrons. The first-order valence-electron chi connectivity index (χ1n) is 12.9. The summed E-state index contributed by atoms with van der Waals surface area (Å²) in [6.07, 6.45) is 2.26. The maximum absolute atomic E-state index is 13.2. The Balaban J connectivity index is 1.35. The van der Waals surface area contributed by atoms with Crippen LogP contribution >= 0.6 is 11.6 Å². The molecular formula is C32H27ClN2O5.